The lowest BCUT2D eigenvalue weighted by Crippen LogP contribution is -2.12. The lowest BCUT2D eigenvalue weighted by Gasteiger charge is -2.21. The minimum absolute atomic E-state index is 0.174. The summed E-state index contributed by atoms with van der Waals surface area (Å²) in [4.78, 5) is 11.2. The first-order valence-corrected chi connectivity index (χ1v) is 7.19. The van der Waals surface area contributed by atoms with Crippen molar-refractivity contribution in [1.29, 1.82) is 0 Å². The number of anilines is 1. The molecule has 0 fully saturated rings. The van der Waals surface area contributed by atoms with Gasteiger partial charge in [-0.05, 0) is 43.5 Å². The number of aromatic carboxylic acids is 1. The van der Waals surface area contributed by atoms with E-state index in [1.165, 1.54) is 11.1 Å². The number of aryl methyl sites for hydroxylation is 1. The number of carboxylic acids is 1. The lowest BCUT2D eigenvalue weighted by atomic mass is 10.0. The van der Waals surface area contributed by atoms with Gasteiger partial charge in [0.15, 0.2) is 0 Å². The average molecular weight is 283 g/mol. The average Bonchev–Trinajstić information content (AvgIpc) is 2.47. The molecule has 2 rings (SSSR count). The number of nitrogens with one attached hydrogen (secondary N) is 1. The van der Waals surface area contributed by atoms with E-state index < -0.39 is 5.97 Å². The maximum atomic E-state index is 11.2. The van der Waals surface area contributed by atoms with E-state index in [9.17, 15) is 9.90 Å². The van der Waals surface area contributed by atoms with Crippen molar-refractivity contribution < 1.29 is 9.90 Å². The summed E-state index contributed by atoms with van der Waals surface area (Å²) in [6.45, 7) is 6.03. The molecular formula is C18H21NO2. The van der Waals surface area contributed by atoms with Crippen LogP contribution in [0, 0.1) is 13.8 Å². The van der Waals surface area contributed by atoms with E-state index in [0.717, 1.165) is 17.7 Å². The van der Waals surface area contributed by atoms with E-state index in [1.54, 1.807) is 12.1 Å². The van der Waals surface area contributed by atoms with E-state index >= 15 is 0 Å². The highest BCUT2D eigenvalue weighted by molar-refractivity contribution is 5.91. The molecule has 110 valence electrons. The van der Waals surface area contributed by atoms with Crippen molar-refractivity contribution >= 4 is 11.7 Å². The van der Waals surface area contributed by atoms with Crippen LogP contribution in [-0.2, 0) is 0 Å². The summed E-state index contributed by atoms with van der Waals surface area (Å²) in [5.74, 6) is -0.889. The van der Waals surface area contributed by atoms with Crippen LogP contribution >= 0.6 is 0 Å². The predicted octanol–water partition coefficient (Wildman–Crippen LogP) is 4.56. The second-order valence-electron chi connectivity index (χ2n) is 5.30. The number of rotatable bonds is 5. The summed E-state index contributed by atoms with van der Waals surface area (Å²) < 4.78 is 0. The van der Waals surface area contributed by atoms with Crippen LogP contribution < -0.4 is 5.32 Å². The molecule has 3 heteroatoms. The third-order valence-corrected chi connectivity index (χ3v) is 3.78. The molecule has 0 saturated heterocycles. The maximum absolute atomic E-state index is 11.2. The topological polar surface area (TPSA) is 49.3 Å². The summed E-state index contributed by atoms with van der Waals surface area (Å²) in [6, 6.07) is 13.9. The summed E-state index contributed by atoms with van der Waals surface area (Å²) in [5, 5.41) is 12.7. The number of hydrogen-bond acceptors (Lipinski definition) is 2. The molecule has 0 aliphatic rings. The van der Waals surface area contributed by atoms with Crippen LogP contribution in [0.3, 0.4) is 0 Å². The molecule has 2 N–H and O–H groups in total. The normalized spacial score (nSPS) is 12.0. The number of carbonyl (C=O) groups is 1. The lowest BCUT2D eigenvalue weighted by molar-refractivity contribution is 0.0696. The molecule has 2 aromatic rings. The fourth-order valence-corrected chi connectivity index (χ4v) is 2.43. The quantitative estimate of drug-likeness (QED) is 0.845. The van der Waals surface area contributed by atoms with Gasteiger partial charge in [-0.2, -0.15) is 0 Å². The summed E-state index contributed by atoms with van der Waals surface area (Å²) in [6.07, 6.45) is 0.930. The first-order valence-electron chi connectivity index (χ1n) is 7.19. The van der Waals surface area contributed by atoms with Crippen molar-refractivity contribution in [1.82, 2.24) is 0 Å². The molecule has 0 saturated carbocycles. The van der Waals surface area contributed by atoms with Gasteiger partial charge in [-0.1, -0.05) is 42.8 Å². The smallest absolute Gasteiger partial charge is 0.336 e. The summed E-state index contributed by atoms with van der Waals surface area (Å²) >= 11 is 0. The Kier molecular flexibility index (Phi) is 4.63. The Morgan fingerprint density at radius 3 is 2.38 bits per heavy atom. The monoisotopic (exact) mass is 283 g/mol. The summed E-state index contributed by atoms with van der Waals surface area (Å²) in [7, 11) is 0. The van der Waals surface area contributed by atoms with Crippen molar-refractivity contribution in [3.8, 4) is 0 Å². The Morgan fingerprint density at radius 1 is 1.14 bits per heavy atom. The molecule has 0 radical (unpaired) electrons. The molecule has 0 amide bonds. The highest BCUT2D eigenvalue weighted by atomic mass is 16.4. The van der Waals surface area contributed by atoms with Gasteiger partial charge in [0.2, 0.25) is 0 Å². The SMILES string of the molecule is CCC(Nc1cccc(C(=O)O)c1C)c1ccc(C)cc1. The maximum Gasteiger partial charge on any atom is 0.336 e. The zero-order valence-electron chi connectivity index (χ0n) is 12.7. The summed E-state index contributed by atoms with van der Waals surface area (Å²) in [5.41, 5.74) is 4.44. The van der Waals surface area contributed by atoms with E-state index in [4.69, 9.17) is 0 Å². The Bertz CT molecular complexity index is 632. The van der Waals surface area contributed by atoms with Crippen molar-refractivity contribution in [2.45, 2.75) is 33.2 Å². The fraction of sp³-hybridized carbons (Fsp3) is 0.278. The standard InChI is InChI=1S/C18H21NO2/c1-4-16(14-10-8-12(2)9-11-14)19-17-7-5-6-15(13(17)3)18(20)21/h5-11,16,19H,4H2,1-3H3,(H,20,21). The largest absolute Gasteiger partial charge is 0.478 e. The third-order valence-electron chi connectivity index (χ3n) is 3.78. The van der Waals surface area contributed by atoms with Crippen molar-refractivity contribution in [3.63, 3.8) is 0 Å². The molecular weight excluding hydrogens is 262 g/mol. The van der Waals surface area contributed by atoms with E-state index in [0.29, 0.717) is 5.56 Å². The van der Waals surface area contributed by atoms with E-state index in [1.807, 2.05) is 13.0 Å². The van der Waals surface area contributed by atoms with Crippen LogP contribution in [-0.4, -0.2) is 11.1 Å². The number of carboxylic acid groups (broad SMARTS) is 1. The van der Waals surface area contributed by atoms with Gasteiger partial charge in [0, 0.05) is 5.69 Å². The molecule has 0 bridgehead atoms. The fourth-order valence-electron chi connectivity index (χ4n) is 2.43. The number of hydrogen-bond donors (Lipinski definition) is 2. The molecule has 2 aromatic carbocycles. The van der Waals surface area contributed by atoms with Gasteiger partial charge in [-0.3, -0.25) is 0 Å². The molecule has 0 aliphatic heterocycles. The first kappa shape index (κ1) is 15.1. The Labute approximate surface area is 125 Å². The van der Waals surface area contributed by atoms with Crippen LogP contribution in [0.2, 0.25) is 0 Å². The Morgan fingerprint density at radius 2 is 1.81 bits per heavy atom. The predicted molar refractivity (Wildman–Crippen MR) is 86.0 cm³/mol. The zero-order valence-corrected chi connectivity index (χ0v) is 12.7. The van der Waals surface area contributed by atoms with Gasteiger partial charge in [0.1, 0.15) is 0 Å². The molecule has 0 heterocycles. The molecule has 1 unspecified atom stereocenters. The molecule has 0 aromatic heterocycles. The minimum atomic E-state index is -0.889. The van der Waals surface area contributed by atoms with E-state index in [-0.39, 0.29) is 6.04 Å². The molecule has 3 nitrogen and oxygen atoms in total. The van der Waals surface area contributed by atoms with Crippen LogP contribution in [0.5, 0.6) is 0 Å². The molecule has 21 heavy (non-hydrogen) atoms. The van der Waals surface area contributed by atoms with Gasteiger partial charge in [-0.25, -0.2) is 4.79 Å². The molecule has 0 aliphatic carbocycles. The van der Waals surface area contributed by atoms with Crippen LogP contribution in [0.4, 0.5) is 5.69 Å². The van der Waals surface area contributed by atoms with Crippen molar-refractivity contribution in [3.05, 3.63) is 64.7 Å². The number of benzene rings is 2. The molecule has 1 atom stereocenters. The van der Waals surface area contributed by atoms with E-state index in [2.05, 4.69) is 43.4 Å². The second kappa shape index (κ2) is 6.44. The second-order valence-corrected chi connectivity index (χ2v) is 5.30. The third kappa shape index (κ3) is 3.43. The van der Waals surface area contributed by atoms with Crippen LogP contribution in [0.25, 0.3) is 0 Å². The van der Waals surface area contributed by atoms with Crippen molar-refractivity contribution in [2.75, 3.05) is 5.32 Å². The van der Waals surface area contributed by atoms with Crippen LogP contribution in [0.15, 0.2) is 42.5 Å². The van der Waals surface area contributed by atoms with Gasteiger partial charge >= 0.3 is 5.97 Å². The van der Waals surface area contributed by atoms with Gasteiger partial charge < -0.3 is 10.4 Å². The van der Waals surface area contributed by atoms with Crippen molar-refractivity contribution in [2.24, 2.45) is 0 Å². The first-order chi connectivity index (χ1) is 10.0. The molecule has 0 spiro atoms. The van der Waals surface area contributed by atoms with Gasteiger partial charge in [-0.15, -0.1) is 0 Å². The minimum Gasteiger partial charge on any atom is -0.478 e. The highest BCUT2D eigenvalue weighted by Crippen LogP contribution is 2.26. The van der Waals surface area contributed by atoms with Gasteiger partial charge in [0.05, 0.1) is 11.6 Å². The zero-order chi connectivity index (χ0) is 15.4. The Balaban J connectivity index is 2.29. The van der Waals surface area contributed by atoms with Gasteiger partial charge in [0.25, 0.3) is 0 Å². The van der Waals surface area contributed by atoms with Crippen LogP contribution in [0.1, 0.15) is 46.4 Å². The highest BCUT2D eigenvalue weighted by Gasteiger charge is 2.14. The Hall–Kier alpha value is -2.29.